The summed E-state index contributed by atoms with van der Waals surface area (Å²) in [5.41, 5.74) is 6.02. The summed E-state index contributed by atoms with van der Waals surface area (Å²) in [7, 11) is 0. The molecule has 0 spiro atoms. The van der Waals surface area contributed by atoms with Gasteiger partial charge in [-0.3, -0.25) is 4.90 Å². The van der Waals surface area contributed by atoms with Gasteiger partial charge < -0.3 is 5.73 Å². The van der Waals surface area contributed by atoms with E-state index in [0.29, 0.717) is 12.1 Å². The van der Waals surface area contributed by atoms with E-state index in [1.54, 1.807) is 0 Å². The quantitative estimate of drug-likeness (QED) is 0.656. The Balaban J connectivity index is 0.000000605. The predicted octanol–water partition coefficient (Wildman–Crippen LogP) is 1.27. The summed E-state index contributed by atoms with van der Waals surface area (Å²) in [4.78, 5) is 2.52. The minimum Gasteiger partial charge on any atom is -0.326 e. The van der Waals surface area contributed by atoms with Crippen LogP contribution in [0.3, 0.4) is 0 Å². The van der Waals surface area contributed by atoms with E-state index in [4.69, 9.17) is 5.73 Å². The fourth-order valence-corrected chi connectivity index (χ4v) is 2.35. The topological polar surface area (TPSA) is 29.3 Å². The van der Waals surface area contributed by atoms with Crippen molar-refractivity contribution in [1.29, 1.82) is 0 Å². The first-order valence-corrected chi connectivity index (χ1v) is 4.28. The Morgan fingerprint density at radius 1 is 1.17 bits per heavy atom. The van der Waals surface area contributed by atoms with Gasteiger partial charge in [0.2, 0.25) is 0 Å². The van der Waals surface area contributed by atoms with E-state index in [-0.39, 0.29) is 24.8 Å². The van der Waals surface area contributed by atoms with Gasteiger partial charge in [0, 0.05) is 12.1 Å². The summed E-state index contributed by atoms with van der Waals surface area (Å²) >= 11 is 0. The molecule has 0 amide bonds. The molecule has 4 heteroatoms. The molecule has 0 aliphatic carbocycles. The summed E-state index contributed by atoms with van der Waals surface area (Å²) in [6.07, 6.45) is 2.68. The molecule has 12 heavy (non-hydrogen) atoms. The predicted molar refractivity (Wildman–Crippen MR) is 56.2 cm³/mol. The third-order valence-corrected chi connectivity index (χ3v) is 3.25. The molecule has 74 valence electrons. The molecule has 2 bridgehead atoms. The molecular weight excluding hydrogens is 195 g/mol. The van der Waals surface area contributed by atoms with Crippen LogP contribution in [-0.2, 0) is 0 Å². The minimum atomic E-state index is 0. The third kappa shape index (κ3) is 1.87. The molecule has 2 N–H and O–H groups in total. The zero-order valence-corrected chi connectivity index (χ0v) is 9.03. The van der Waals surface area contributed by atoms with E-state index in [2.05, 4.69) is 11.8 Å². The first-order chi connectivity index (χ1) is 4.79. The molecule has 0 aromatic rings. The number of hydrogen-bond donors (Lipinski definition) is 1. The van der Waals surface area contributed by atoms with Crippen LogP contribution in [0.2, 0.25) is 0 Å². The van der Waals surface area contributed by atoms with E-state index in [1.165, 1.54) is 25.9 Å². The van der Waals surface area contributed by atoms with E-state index >= 15 is 0 Å². The Bertz CT molecular complexity index is 115. The lowest BCUT2D eigenvalue weighted by Crippen LogP contribution is -2.59. The number of nitrogens with zero attached hydrogens (tertiary/aromatic N) is 1. The van der Waals surface area contributed by atoms with Gasteiger partial charge in [-0.1, -0.05) is 0 Å². The average molecular weight is 213 g/mol. The molecule has 3 rings (SSSR count). The number of rotatable bonds is 0. The summed E-state index contributed by atoms with van der Waals surface area (Å²) in [6, 6.07) is 1.11. The molecule has 2 atom stereocenters. The fourth-order valence-electron chi connectivity index (χ4n) is 2.35. The lowest BCUT2D eigenvalue weighted by Gasteiger charge is -2.48. The normalized spacial score (nSPS) is 44.5. The van der Waals surface area contributed by atoms with Gasteiger partial charge in [-0.05, 0) is 38.8 Å². The van der Waals surface area contributed by atoms with Crippen LogP contribution in [0, 0.1) is 5.92 Å². The first-order valence-electron chi connectivity index (χ1n) is 4.28. The van der Waals surface area contributed by atoms with Crippen molar-refractivity contribution >= 4 is 24.8 Å². The Morgan fingerprint density at radius 2 is 1.67 bits per heavy atom. The second-order valence-corrected chi connectivity index (χ2v) is 3.69. The summed E-state index contributed by atoms with van der Waals surface area (Å²) in [5.74, 6) is 0.833. The number of fused-ring (bicyclic) bond motifs is 3. The molecule has 0 saturated carbocycles. The van der Waals surface area contributed by atoms with Gasteiger partial charge in [-0.2, -0.15) is 0 Å². The van der Waals surface area contributed by atoms with Crippen molar-refractivity contribution in [1.82, 2.24) is 4.90 Å². The molecule has 0 aromatic carbocycles. The van der Waals surface area contributed by atoms with E-state index in [9.17, 15) is 0 Å². The van der Waals surface area contributed by atoms with Crippen molar-refractivity contribution in [3.8, 4) is 0 Å². The standard InChI is InChI=1S/C8H16N2.2ClH/c1-6-8(9)7-2-4-10(6)5-3-7;;/h6-8H,2-5,9H2,1H3;2*1H/t6-,8+;;/m1../s1. The highest BCUT2D eigenvalue weighted by atomic mass is 35.5. The van der Waals surface area contributed by atoms with Gasteiger partial charge in [0.25, 0.3) is 0 Å². The summed E-state index contributed by atoms with van der Waals surface area (Å²) < 4.78 is 0. The lowest BCUT2D eigenvalue weighted by molar-refractivity contribution is 0.0380. The maximum atomic E-state index is 6.02. The molecule has 2 nitrogen and oxygen atoms in total. The van der Waals surface area contributed by atoms with Crippen molar-refractivity contribution in [2.75, 3.05) is 13.1 Å². The molecule has 0 aromatic heterocycles. The SMILES string of the molecule is C[C@@H]1[C@H](N)C2CCN1CC2.Cl.Cl. The average Bonchev–Trinajstić information content (AvgIpc) is 2.00. The van der Waals surface area contributed by atoms with Crippen LogP contribution in [0.25, 0.3) is 0 Å². The smallest absolute Gasteiger partial charge is 0.0223 e. The second kappa shape index (κ2) is 4.66. The van der Waals surface area contributed by atoms with Gasteiger partial charge >= 0.3 is 0 Å². The number of halogens is 2. The maximum Gasteiger partial charge on any atom is 0.0223 e. The van der Waals surface area contributed by atoms with Crippen molar-refractivity contribution in [2.45, 2.75) is 31.8 Å². The Morgan fingerprint density at radius 3 is 1.92 bits per heavy atom. The van der Waals surface area contributed by atoms with Crippen LogP contribution < -0.4 is 5.73 Å². The highest BCUT2D eigenvalue weighted by Crippen LogP contribution is 2.30. The van der Waals surface area contributed by atoms with Crippen LogP contribution in [0.5, 0.6) is 0 Å². The van der Waals surface area contributed by atoms with Gasteiger partial charge in [0.1, 0.15) is 0 Å². The van der Waals surface area contributed by atoms with Crippen LogP contribution in [0.15, 0.2) is 0 Å². The van der Waals surface area contributed by atoms with Gasteiger partial charge in [-0.25, -0.2) is 0 Å². The van der Waals surface area contributed by atoms with Crippen LogP contribution in [0.4, 0.5) is 0 Å². The monoisotopic (exact) mass is 212 g/mol. The van der Waals surface area contributed by atoms with Crippen LogP contribution in [-0.4, -0.2) is 30.1 Å². The molecule has 0 unspecified atom stereocenters. The van der Waals surface area contributed by atoms with Crippen LogP contribution >= 0.6 is 24.8 Å². The third-order valence-electron chi connectivity index (χ3n) is 3.25. The highest BCUT2D eigenvalue weighted by Gasteiger charge is 2.37. The van der Waals surface area contributed by atoms with Gasteiger partial charge in [0.15, 0.2) is 0 Å². The minimum absolute atomic E-state index is 0. The highest BCUT2D eigenvalue weighted by molar-refractivity contribution is 5.85. The van der Waals surface area contributed by atoms with Crippen molar-refractivity contribution < 1.29 is 0 Å². The second-order valence-electron chi connectivity index (χ2n) is 3.69. The summed E-state index contributed by atoms with van der Waals surface area (Å²) in [5, 5.41) is 0. The Labute approximate surface area is 86.7 Å². The zero-order valence-electron chi connectivity index (χ0n) is 7.40. The Kier molecular flexibility index (Phi) is 4.85. The molecule has 3 saturated heterocycles. The lowest BCUT2D eigenvalue weighted by atomic mass is 9.80. The zero-order chi connectivity index (χ0) is 7.14. The molecular formula is C8H18Cl2N2. The molecule has 3 heterocycles. The van der Waals surface area contributed by atoms with E-state index in [1.807, 2.05) is 0 Å². The maximum absolute atomic E-state index is 6.02. The molecule has 0 radical (unpaired) electrons. The number of nitrogens with two attached hydrogens (primary N) is 1. The van der Waals surface area contributed by atoms with E-state index < -0.39 is 0 Å². The first kappa shape index (κ1) is 12.5. The van der Waals surface area contributed by atoms with Gasteiger partial charge in [-0.15, -0.1) is 24.8 Å². The molecule has 3 fully saturated rings. The van der Waals surface area contributed by atoms with Crippen molar-refractivity contribution in [3.05, 3.63) is 0 Å². The largest absolute Gasteiger partial charge is 0.326 e. The summed E-state index contributed by atoms with van der Waals surface area (Å²) in [6.45, 7) is 4.84. The van der Waals surface area contributed by atoms with E-state index in [0.717, 1.165) is 5.92 Å². The molecule has 3 aliphatic rings. The fraction of sp³-hybridized carbons (Fsp3) is 1.00. The van der Waals surface area contributed by atoms with Gasteiger partial charge in [0.05, 0.1) is 0 Å². The van der Waals surface area contributed by atoms with Crippen molar-refractivity contribution in [3.63, 3.8) is 0 Å². The van der Waals surface area contributed by atoms with Crippen LogP contribution in [0.1, 0.15) is 19.8 Å². The molecule has 3 aliphatic heterocycles. The Hall–Kier alpha value is 0.500. The number of piperidine rings is 3. The number of hydrogen-bond acceptors (Lipinski definition) is 2. The van der Waals surface area contributed by atoms with Crippen molar-refractivity contribution in [2.24, 2.45) is 11.7 Å².